The monoisotopic (exact) mass is 458 g/mol. The maximum atomic E-state index is 12.5. The van der Waals surface area contributed by atoms with Gasteiger partial charge in [-0.25, -0.2) is 9.59 Å². The average molecular weight is 459 g/mol. The zero-order valence-corrected chi connectivity index (χ0v) is 20.5. The Morgan fingerprint density at radius 2 is 0.912 bits per heavy atom. The molecule has 178 valence electrons. The first kappa shape index (κ1) is 25.2. The van der Waals surface area contributed by atoms with Gasteiger partial charge in [-0.15, -0.1) is 0 Å². The number of esters is 2. The Morgan fingerprint density at radius 3 is 1.21 bits per heavy atom. The van der Waals surface area contributed by atoms with E-state index in [0.717, 1.165) is 25.7 Å². The third kappa shape index (κ3) is 7.31. The zero-order chi connectivity index (χ0) is 24.5. The van der Waals surface area contributed by atoms with Crippen LogP contribution in [-0.2, 0) is 12.8 Å². The van der Waals surface area contributed by atoms with Crippen LogP contribution in [0.25, 0.3) is 0 Å². The van der Waals surface area contributed by atoms with Gasteiger partial charge in [-0.1, -0.05) is 64.8 Å². The number of hydrogen-bond donors (Lipinski definition) is 0. The van der Waals surface area contributed by atoms with Crippen LogP contribution >= 0.6 is 0 Å². The van der Waals surface area contributed by atoms with Crippen LogP contribution in [0.1, 0.15) is 72.4 Å². The van der Waals surface area contributed by atoms with Crippen molar-refractivity contribution >= 4 is 11.9 Å². The summed E-state index contributed by atoms with van der Waals surface area (Å²) in [5, 5.41) is 0. The van der Waals surface area contributed by atoms with Crippen molar-refractivity contribution in [1.29, 1.82) is 0 Å². The lowest BCUT2D eigenvalue weighted by Crippen LogP contribution is -2.11. The van der Waals surface area contributed by atoms with Crippen LogP contribution in [0, 0.1) is 11.8 Å². The molecule has 0 bridgehead atoms. The Kier molecular flexibility index (Phi) is 9.03. The van der Waals surface area contributed by atoms with Crippen LogP contribution in [0.3, 0.4) is 0 Å². The van der Waals surface area contributed by atoms with Gasteiger partial charge in [-0.3, -0.25) is 0 Å². The van der Waals surface area contributed by atoms with Crippen molar-refractivity contribution in [1.82, 2.24) is 0 Å². The molecule has 3 aromatic carbocycles. The molecule has 0 saturated carbocycles. The first-order valence-corrected chi connectivity index (χ1v) is 12.1. The molecule has 0 aliphatic heterocycles. The molecule has 0 saturated heterocycles. The molecular weight excluding hydrogens is 424 g/mol. The second-order valence-electron chi connectivity index (χ2n) is 9.08. The van der Waals surface area contributed by atoms with Gasteiger partial charge in [0.25, 0.3) is 0 Å². The summed E-state index contributed by atoms with van der Waals surface area (Å²) in [5.74, 6) is 1.30. The minimum absolute atomic E-state index is 0.370. The van der Waals surface area contributed by atoms with Crippen molar-refractivity contribution in [2.45, 2.75) is 53.4 Å². The summed E-state index contributed by atoms with van der Waals surface area (Å²) >= 11 is 0. The summed E-state index contributed by atoms with van der Waals surface area (Å²) in [5.41, 5.74) is 3.19. The summed E-state index contributed by atoms with van der Waals surface area (Å²) in [4.78, 5) is 25.0. The smallest absolute Gasteiger partial charge is 0.343 e. The van der Waals surface area contributed by atoms with Gasteiger partial charge in [-0.05, 0) is 84.3 Å². The number of rotatable bonds is 10. The van der Waals surface area contributed by atoms with E-state index in [1.54, 1.807) is 24.3 Å². The molecule has 0 fully saturated rings. The van der Waals surface area contributed by atoms with Crippen LogP contribution < -0.4 is 9.47 Å². The Hall–Kier alpha value is -3.40. The fraction of sp³-hybridized carbons (Fsp3) is 0.333. The molecule has 0 aromatic heterocycles. The topological polar surface area (TPSA) is 52.6 Å². The van der Waals surface area contributed by atoms with Crippen LogP contribution in [0.2, 0.25) is 0 Å². The minimum Gasteiger partial charge on any atom is -0.423 e. The van der Waals surface area contributed by atoms with E-state index in [-0.39, 0.29) is 0 Å². The molecule has 2 atom stereocenters. The Labute approximate surface area is 202 Å². The Bertz CT molecular complexity index is 978. The van der Waals surface area contributed by atoms with E-state index in [1.807, 2.05) is 48.5 Å². The summed E-state index contributed by atoms with van der Waals surface area (Å²) < 4.78 is 10.9. The maximum Gasteiger partial charge on any atom is 0.343 e. The molecule has 3 aromatic rings. The largest absolute Gasteiger partial charge is 0.423 e. The molecule has 4 nitrogen and oxygen atoms in total. The van der Waals surface area contributed by atoms with Gasteiger partial charge in [-0.2, -0.15) is 0 Å². The van der Waals surface area contributed by atoms with Crippen LogP contribution in [0.5, 0.6) is 11.5 Å². The van der Waals surface area contributed by atoms with Gasteiger partial charge in [0.1, 0.15) is 11.5 Å². The SMILES string of the molecule is CCC(C)Cc1ccc(OC(=O)c2ccc(C(=O)Oc3ccc(CC(C)CC)cc3)cc2)cc1. The molecule has 0 aliphatic rings. The molecule has 0 N–H and O–H groups in total. The van der Waals surface area contributed by atoms with Gasteiger partial charge in [0.15, 0.2) is 0 Å². The fourth-order valence-electron chi connectivity index (χ4n) is 3.55. The second-order valence-corrected chi connectivity index (χ2v) is 9.08. The quantitative estimate of drug-likeness (QED) is 0.236. The lowest BCUT2D eigenvalue weighted by Gasteiger charge is -2.10. The molecule has 34 heavy (non-hydrogen) atoms. The third-order valence-corrected chi connectivity index (χ3v) is 6.19. The fourth-order valence-corrected chi connectivity index (χ4v) is 3.55. The predicted octanol–water partition coefficient (Wildman–Crippen LogP) is 7.30. The molecule has 3 rings (SSSR count). The predicted molar refractivity (Wildman–Crippen MR) is 136 cm³/mol. The average Bonchev–Trinajstić information content (AvgIpc) is 2.86. The molecule has 4 heteroatoms. The first-order valence-electron chi connectivity index (χ1n) is 12.1. The summed E-state index contributed by atoms with van der Waals surface area (Å²) in [6.07, 6.45) is 4.27. The van der Waals surface area contributed by atoms with Crippen molar-refractivity contribution in [3.05, 3.63) is 95.1 Å². The van der Waals surface area contributed by atoms with E-state index >= 15 is 0 Å². The van der Waals surface area contributed by atoms with Gasteiger partial charge in [0, 0.05) is 0 Å². The van der Waals surface area contributed by atoms with Crippen molar-refractivity contribution in [2.24, 2.45) is 11.8 Å². The number of benzene rings is 3. The number of hydrogen-bond acceptors (Lipinski definition) is 4. The summed E-state index contributed by atoms with van der Waals surface area (Å²) in [7, 11) is 0. The number of ether oxygens (including phenoxy) is 2. The van der Waals surface area contributed by atoms with Gasteiger partial charge in [0.2, 0.25) is 0 Å². The van der Waals surface area contributed by atoms with Crippen LogP contribution in [0.4, 0.5) is 0 Å². The molecule has 0 radical (unpaired) electrons. The number of carbonyl (C=O) groups is 2. The highest BCUT2D eigenvalue weighted by atomic mass is 16.5. The molecule has 0 heterocycles. The van der Waals surface area contributed by atoms with Crippen molar-refractivity contribution in [2.75, 3.05) is 0 Å². The first-order chi connectivity index (χ1) is 16.4. The number of carbonyl (C=O) groups excluding carboxylic acids is 2. The van der Waals surface area contributed by atoms with Crippen molar-refractivity contribution < 1.29 is 19.1 Å². The highest BCUT2D eigenvalue weighted by Gasteiger charge is 2.13. The van der Waals surface area contributed by atoms with Crippen molar-refractivity contribution in [3.8, 4) is 11.5 Å². The molecule has 0 amide bonds. The van der Waals surface area contributed by atoms with E-state index in [4.69, 9.17) is 9.47 Å². The van der Waals surface area contributed by atoms with Crippen LogP contribution in [-0.4, -0.2) is 11.9 Å². The third-order valence-electron chi connectivity index (χ3n) is 6.19. The standard InChI is InChI=1S/C30H34O4/c1-5-21(3)19-23-7-15-27(16-8-23)33-29(31)25-11-13-26(14-12-25)30(32)34-28-17-9-24(10-18-28)20-22(4)6-2/h7-18,21-22H,5-6,19-20H2,1-4H3. The van der Waals surface area contributed by atoms with E-state index in [1.165, 1.54) is 11.1 Å². The summed E-state index contributed by atoms with van der Waals surface area (Å²) in [6, 6.07) is 21.5. The van der Waals surface area contributed by atoms with Gasteiger partial charge in [0.05, 0.1) is 11.1 Å². The molecule has 0 spiro atoms. The Morgan fingerprint density at radius 1 is 0.588 bits per heavy atom. The van der Waals surface area contributed by atoms with Gasteiger partial charge >= 0.3 is 11.9 Å². The lowest BCUT2D eigenvalue weighted by atomic mass is 9.99. The minimum atomic E-state index is -0.466. The van der Waals surface area contributed by atoms with Crippen molar-refractivity contribution in [3.63, 3.8) is 0 Å². The van der Waals surface area contributed by atoms with E-state index in [2.05, 4.69) is 27.7 Å². The summed E-state index contributed by atoms with van der Waals surface area (Å²) in [6.45, 7) is 8.80. The van der Waals surface area contributed by atoms with E-state index in [0.29, 0.717) is 34.5 Å². The second kappa shape index (κ2) is 12.2. The molecule has 0 aliphatic carbocycles. The molecule has 2 unspecified atom stereocenters. The lowest BCUT2D eigenvalue weighted by molar-refractivity contribution is 0.0720. The molecular formula is C30H34O4. The normalized spacial score (nSPS) is 12.6. The zero-order valence-electron chi connectivity index (χ0n) is 20.5. The highest BCUT2D eigenvalue weighted by molar-refractivity contribution is 5.94. The maximum absolute atomic E-state index is 12.5. The van der Waals surface area contributed by atoms with Gasteiger partial charge < -0.3 is 9.47 Å². The van der Waals surface area contributed by atoms with E-state index < -0.39 is 11.9 Å². The Balaban J connectivity index is 1.55. The van der Waals surface area contributed by atoms with E-state index in [9.17, 15) is 9.59 Å². The highest BCUT2D eigenvalue weighted by Crippen LogP contribution is 2.20. The van der Waals surface area contributed by atoms with Crippen LogP contribution in [0.15, 0.2) is 72.8 Å².